The molecule has 1 heterocycles. The Morgan fingerprint density at radius 2 is 2.10 bits per heavy atom. The Hall–Kier alpha value is -2.21. The third kappa shape index (κ3) is 2.42. The summed E-state index contributed by atoms with van der Waals surface area (Å²) in [4.78, 5) is 11.9. The lowest BCUT2D eigenvalue weighted by molar-refractivity contribution is -0.123. The van der Waals surface area contributed by atoms with Gasteiger partial charge in [-0.2, -0.15) is 0 Å². The van der Waals surface area contributed by atoms with Gasteiger partial charge in [0.05, 0.1) is 23.5 Å². The highest BCUT2D eigenvalue weighted by Gasteiger charge is 2.46. The molecule has 0 radical (unpaired) electrons. The van der Waals surface area contributed by atoms with Gasteiger partial charge in [-0.05, 0) is 31.9 Å². The number of benzene rings is 1. The number of nitrogens with one attached hydrogen (secondary N) is 1. The quantitative estimate of drug-likeness (QED) is 0.866. The molecule has 0 saturated heterocycles. The summed E-state index contributed by atoms with van der Waals surface area (Å²) in [6.07, 6.45) is 3.32. The Labute approximate surface area is 117 Å². The number of nitrogens with two attached hydrogens (primary N) is 1. The maximum Gasteiger partial charge on any atom is 0.240 e. The van der Waals surface area contributed by atoms with E-state index in [-0.39, 0.29) is 11.9 Å². The number of para-hydroxylation sites is 1. The van der Waals surface area contributed by atoms with E-state index in [1.165, 1.54) is 0 Å². The van der Waals surface area contributed by atoms with Gasteiger partial charge >= 0.3 is 0 Å². The van der Waals surface area contributed by atoms with Gasteiger partial charge < -0.3 is 11.1 Å². The van der Waals surface area contributed by atoms with Crippen molar-refractivity contribution in [2.45, 2.75) is 31.3 Å². The molecular weight excluding hydrogens is 254 g/mol. The van der Waals surface area contributed by atoms with E-state index >= 15 is 0 Å². The van der Waals surface area contributed by atoms with Crippen LogP contribution in [0.4, 0.5) is 0 Å². The van der Waals surface area contributed by atoms with Crippen LogP contribution in [0.1, 0.15) is 31.5 Å². The van der Waals surface area contributed by atoms with Crippen molar-refractivity contribution in [3.63, 3.8) is 0 Å². The Balaban J connectivity index is 1.72. The van der Waals surface area contributed by atoms with E-state index in [1.54, 1.807) is 4.68 Å². The molecule has 3 N–H and O–H groups in total. The molecule has 6 heteroatoms. The Morgan fingerprint density at radius 1 is 1.40 bits per heavy atom. The minimum absolute atomic E-state index is 0.112. The second-order valence-electron chi connectivity index (χ2n) is 5.27. The van der Waals surface area contributed by atoms with Crippen molar-refractivity contribution in [1.29, 1.82) is 0 Å². The molecule has 1 saturated carbocycles. The van der Waals surface area contributed by atoms with E-state index in [4.69, 9.17) is 5.73 Å². The first-order valence-corrected chi connectivity index (χ1v) is 6.66. The summed E-state index contributed by atoms with van der Waals surface area (Å²) in [5, 5.41) is 11.1. The van der Waals surface area contributed by atoms with E-state index in [9.17, 15) is 4.79 Å². The Bertz CT molecular complexity index is 618. The van der Waals surface area contributed by atoms with Crippen molar-refractivity contribution in [2.75, 3.05) is 0 Å². The van der Waals surface area contributed by atoms with Crippen LogP contribution in [-0.2, 0) is 4.79 Å². The molecule has 1 aromatic heterocycles. The molecule has 1 aliphatic carbocycles. The normalized spacial score (nSPS) is 17.5. The topological polar surface area (TPSA) is 85.8 Å². The maximum absolute atomic E-state index is 11.9. The molecular formula is C14H17N5O. The number of carbonyl (C=O) groups is 1. The monoisotopic (exact) mass is 271 g/mol. The largest absolute Gasteiger partial charge is 0.346 e. The van der Waals surface area contributed by atoms with Crippen LogP contribution in [0.3, 0.4) is 0 Å². The van der Waals surface area contributed by atoms with Crippen molar-refractivity contribution >= 4 is 5.91 Å². The summed E-state index contributed by atoms with van der Waals surface area (Å²) in [5.74, 6) is -0.112. The van der Waals surface area contributed by atoms with Crippen LogP contribution in [0.2, 0.25) is 0 Å². The molecule has 1 unspecified atom stereocenters. The van der Waals surface area contributed by atoms with Gasteiger partial charge in [-0.3, -0.25) is 4.79 Å². The van der Waals surface area contributed by atoms with E-state index in [1.807, 2.05) is 43.5 Å². The zero-order chi connectivity index (χ0) is 14.2. The highest BCUT2D eigenvalue weighted by atomic mass is 16.2. The number of carbonyl (C=O) groups excluding carboxylic acids is 1. The number of aromatic nitrogens is 3. The van der Waals surface area contributed by atoms with Gasteiger partial charge in [-0.25, -0.2) is 4.68 Å². The zero-order valence-corrected chi connectivity index (χ0v) is 11.3. The molecule has 1 aromatic carbocycles. The van der Waals surface area contributed by atoms with Crippen LogP contribution in [0, 0.1) is 0 Å². The van der Waals surface area contributed by atoms with Gasteiger partial charge in [-0.1, -0.05) is 23.4 Å². The minimum Gasteiger partial charge on any atom is -0.346 e. The fraction of sp³-hybridized carbons (Fsp3) is 0.357. The van der Waals surface area contributed by atoms with Crippen LogP contribution in [0.15, 0.2) is 36.5 Å². The lowest BCUT2D eigenvalue weighted by atomic mass is 10.2. The van der Waals surface area contributed by atoms with Crippen LogP contribution in [0.5, 0.6) is 0 Å². The van der Waals surface area contributed by atoms with Gasteiger partial charge in [-0.15, -0.1) is 5.10 Å². The molecule has 0 aliphatic heterocycles. The molecule has 2 aromatic rings. The predicted octanol–water partition coefficient (Wildman–Crippen LogP) is 0.936. The van der Waals surface area contributed by atoms with E-state index in [2.05, 4.69) is 15.6 Å². The first-order chi connectivity index (χ1) is 9.58. The summed E-state index contributed by atoms with van der Waals surface area (Å²) in [6, 6.07) is 9.50. The van der Waals surface area contributed by atoms with E-state index in [0.717, 1.165) is 18.5 Å². The first kappa shape index (κ1) is 12.8. The van der Waals surface area contributed by atoms with Gasteiger partial charge in [0.25, 0.3) is 0 Å². The number of rotatable bonds is 4. The minimum atomic E-state index is -0.663. The molecule has 1 fully saturated rings. The lowest BCUT2D eigenvalue weighted by Gasteiger charge is -2.14. The Kier molecular flexibility index (Phi) is 3.02. The van der Waals surface area contributed by atoms with Crippen molar-refractivity contribution in [3.05, 3.63) is 42.2 Å². The fourth-order valence-electron chi connectivity index (χ4n) is 1.96. The number of hydrogen-bond donors (Lipinski definition) is 2. The maximum atomic E-state index is 11.9. The summed E-state index contributed by atoms with van der Waals surface area (Å²) in [6.45, 7) is 1.88. The smallest absolute Gasteiger partial charge is 0.240 e. The average Bonchev–Trinajstić information content (AvgIpc) is 3.04. The SMILES string of the molecule is CC(NC(=O)C1(N)CC1)c1cn(-c2ccccc2)nn1. The second-order valence-corrected chi connectivity index (χ2v) is 5.27. The summed E-state index contributed by atoms with van der Waals surface area (Å²) < 4.78 is 1.69. The third-order valence-corrected chi connectivity index (χ3v) is 3.56. The van der Waals surface area contributed by atoms with Crippen LogP contribution >= 0.6 is 0 Å². The molecule has 104 valence electrons. The molecule has 1 amide bonds. The molecule has 6 nitrogen and oxygen atoms in total. The molecule has 0 bridgehead atoms. The first-order valence-electron chi connectivity index (χ1n) is 6.66. The van der Waals surface area contributed by atoms with Crippen molar-refractivity contribution in [3.8, 4) is 5.69 Å². The number of amides is 1. The highest BCUT2D eigenvalue weighted by Crippen LogP contribution is 2.32. The number of nitrogens with zero attached hydrogens (tertiary/aromatic N) is 3. The molecule has 0 spiro atoms. The average molecular weight is 271 g/mol. The molecule has 1 atom stereocenters. The van der Waals surface area contributed by atoms with Crippen molar-refractivity contribution in [2.24, 2.45) is 5.73 Å². The Morgan fingerprint density at radius 3 is 2.75 bits per heavy atom. The third-order valence-electron chi connectivity index (χ3n) is 3.56. The highest BCUT2D eigenvalue weighted by molar-refractivity contribution is 5.89. The number of hydrogen-bond acceptors (Lipinski definition) is 4. The van der Waals surface area contributed by atoms with Gasteiger partial charge in [0.1, 0.15) is 5.69 Å². The van der Waals surface area contributed by atoms with Gasteiger partial charge in [0.15, 0.2) is 0 Å². The van der Waals surface area contributed by atoms with Crippen LogP contribution < -0.4 is 11.1 Å². The van der Waals surface area contributed by atoms with E-state index in [0.29, 0.717) is 5.69 Å². The summed E-state index contributed by atoms with van der Waals surface area (Å²) >= 11 is 0. The zero-order valence-electron chi connectivity index (χ0n) is 11.3. The molecule has 1 aliphatic rings. The van der Waals surface area contributed by atoms with E-state index < -0.39 is 5.54 Å². The summed E-state index contributed by atoms with van der Waals surface area (Å²) in [7, 11) is 0. The van der Waals surface area contributed by atoms with Gasteiger partial charge in [0.2, 0.25) is 5.91 Å². The van der Waals surface area contributed by atoms with Crippen molar-refractivity contribution < 1.29 is 4.79 Å². The van der Waals surface area contributed by atoms with Crippen LogP contribution in [0.25, 0.3) is 5.69 Å². The predicted molar refractivity (Wildman–Crippen MR) is 74.1 cm³/mol. The molecule has 3 rings (SSSR count). The summed E-state index contributed by atoms with van der Waals surface area (Å²) in [5.41, 5.74) is 6.84. The standard InChI is InChI=1S/C14H17N5O/c1-10(16-13(20)14(15)7-8-14)12-9-19(18-17-12)11-5-3-2-4-6-11/h2-6,9-10H,7-8,15H2,1H3,(H,16,20). The van der Waals surface area contributed by atoms with Crippen LogP contribution in [-0.4, -0.2) is 26.4 Å². The molecule has 20 heavy (non-hydrogen) atoms. The van der Waals surface area contributed by atoms with Gasteiger partial charge in [0, 0.05) is 0 Å². The lowest BCUT2D eigenvalue weighted by Crippen LogP contribution is -2.43. The van der Waals surface area contributed by atoms with Crippen molar-refractivity contribution in [1.82, 2.24) is 20.3 Å². The fourth-order valence-corrected chi connectivity index (χ4v) is 1.96. The second kappa shape index (κ2) is 4.72.